The summed E-state index contributed by atoms with van der Waals surface area (Å²) in [6.45, 7) is 0. The van der Waals surface area contributed by atoms with Crippen LogP contribution in [0.4, 0.5) is 5.69 Å². The van der Waals surface area contributed by atoms with Gasteiger partial charge in [0.05, 0.1) is 5.69 Å². The second-order valence-electron chi connectivity index (χ2n) is 4.74. The highest BCUT2D eigenvalue weighted by Gasteiger charge is 2.20. The van der Waals surface area contributed by atoms with E-state index in [-0.39, 0.29) is 5.91 Å². The first-order valence-corrected chi connectivity index (χ1v) is 7.08. The zero-order valence-electron chi connectivity index (χ0n) is 10.1. The van der Waals surface area contributed by atoms with Gasteiger partial charge in [0, 0.05) is 16.9 Å². The Balaban J connectivity index is 1.98. The van der Waals surface area contributed by atoms with E-state index in [0.717, 1.165) is 28.6 Å². The molecule has 2 aromatic carbocycles. The van der Waals surface area contributed by atoms with Gasteiger partial charge in [-0.3, -0.25) is 4.79 Å². The van der Waals surface area contributed by atoms with E-state index in [1.54, 1.807) is 11.3 Å². The third-order valence-electron chi connectivity index (χ3n) is 3.56. The number of anilines is 1. The summed E-state index contributed by atoms with van der Waals surface area (Å²) >= 11 is 1.70. The van der Waals surface area contributed by atoms with Crippen molar-refractivity contribution in [3.63, 3.8) is 0 Å². The van der Waals surface area contributed by atoms with Gasteiger partial charge in [0.1, 0.15) is 0 Å². The van der Waals surface area contributed by atoms with Crippen molar-refractivity contribution in [2.75, 3.05) is 5.32 Å². The van der Waals surface area contributed by atoms with E-state index in [1.165, 1.54) is 10.3 Å². The van der Waals surface area contributed by atoms with Crippen LogP contribution in [-0.2, 0) is 6.42 Å². The number of fused-ring (bicyclic) bond motifs is 3. The molecule has 3 aromatic rings. The highest BCUT2D eigenvalue weighted by molar-refractivity contribution is 7.10. The van der Waals surface area contributed by atoms with Crippen LogP contribution in [-0.4, -0.2) is 5.91 Å². The lowest BCUT2D eigenvalue weighted by Crippen LogP contribution is -2.11. The molecular formula is C16H11NOS. The topological polar surface area (TPSA) is 29.1 Å². The van der Waals surface area contributed by atoms with Crippen molar-refractivity contribution in [1.29, 1.82) is 0 Å². The molecule has 1 aliphatic rings. The summed E-state index contributed by atoms with van der Waals surface area (Å²) < 4.78 is 0. The molecule has 92 valence electrons. The van der Waals surface area contributed by atoms with Crippen molar-refractivity contribution in [2.24, 2.45) is 0 Å². The van der Waals surface area contributed by atoms with E-state index >= 15 is 0 Å². The Hall–Kier alpha value is -2.13. The van der Waals surface area contributed by atoms with Crippen LogP contribution >= 0.6 is 11.3 Å². The van der Waals surface area contributed by atoms with Gasteiger partial charge in [0.2, 0.25) is 0 Å². The number of thiophene rings is 1. The molecule has 0 spiro atoms. The van der Waals surface area contributed by atoms with Crippen LogP contribution in [0.3, 0.4) is 0 Å². The molecule has 2 heterocycles. The lowest BCUT2D eigenvalue weighted by Gasteiger charge is -2.07. The van der Waals surface area contributed by atoms with Crippen molar-refractivity contribution >= 4 is 33.7 Å². The van der Waals surface area contributed by atoms with Crippen molar-refractivity contribution < 1.29 is 4.79 Å². The molecule has 0 unspecified atom stereocenters. The predicted molar refractivity (Wildman–Crippen MR) is 79.0 cm³/mol. The maximum absolute atomic E-state index is 12.3. The second-order valence-corrected chi connectivity index (χ2v) is 5.75. The van der Waals surface area contributed by atoms with Crippen LogP contribution in [0.15, 0.2) is 47.8 Å². The van der Waals surface area contributed by atoms with Gasteiger partial charge in [-0.15, -0.1) is 11.3 Å². The first-order chi connectivity index (χ1) is 9.31. The van der Waals surface area contributed by atoms with Crippen LogP contribution in [0.5, 0.6) is 0 Å². The molecule has 3 heteroatoms. The number of amides is 1. The van der Waals surface area contributed by atoms with E-state index in [4.69, 9.17) is 0 Å². The molecule has 0 bridgehead atoms. The average Bonchev–Trinajstić information content (AvgIpc) is 2.80. The summed E-state index contributed by atoms with van der Waals surface area (Å²) in [5, 5.41) is 7.32. The quantitative estimate of drug-likeness (QED) is 0.652. The number of benzene rings is 2. The monoisotopic (exact) mass is 265 g/mol. The summed E-state index contributed by atoms with van der Waals surface area (Å²) in [7, 11) is 0. The lowest BCUT2D eigenvalue weighted by molar-refractivity contribution is 0.102. The number of carbonyl (C=O) groups excluding carboxylic acids is 1. The van der Waals surface area contributed by atoms with Gasteiger partial charge >= 0.3 is 0 Å². The molecule has 1 aliphatic heterocycles. The minimum atomic E-state index is -0.00194. The predicted octanol–water partition coefficient (Wildman–Crippen LogP) is 4.06. The van der Waals surface area contributed by atoms with Crippen LogP contribution < -0.4 is 5.32 Å². The SMILES string of the molecule is O=C1Nc2ccsc2Cc2cc3ccccc3cc21. The Kier molecular flexibility index (Phi) is 2.23. The van der Waals surface area contributed by atoms with Crippen LogP contribution in [0, 0.1) is 0 Å². The normalized spacial score (nSPS) is 13.6. The van der Waals surface area contributed by atoms with Crippen molar-refractivity contribution in [3.8, 4) is 0 Å². The molecule has 0 saturated heterocycles. The van der Waals surface area contributed by atoms with Gasteiger partial charge in [-0.2, -0.15) is 0 Å². The Labute approximate surface area is 114 Å². The number of nitrogens with one attached hydrogen (secondary N) is 1. The molecule has 0 radical (unpaired) electrons. The minimum Gasteiger partial charge on any atom is -0.321 e. The molecule has 1 N–H and O–H groups in total. The summed E-state index contributed by atoms with van der Waals surface area (Å²) in [6, 6.07) is 14.3. The van der Waals surface area contributed by atoms with Gasteiger partial charge in [0.25, 0.3) is 5.91 Å². The number of hydrogen-bond donors (Lipinski definition) is 1. The van der Waals surface area contributed by atoms with Crippen LogP contribution in [0.1, 0.15) is 20.8 Å². The molecule has 0 atom stereocenters. The first kappa shape index (κ1) is 10.8. The molecule has 1 amide bonds. The number of rotatable bonds is 0. The first-order valence-electron chi connectivity index (χ1n) is 6.21. The maximum Gasteiger partial charge on any atom is 0.256 e. The van der Waals surface area contributed by atoms with Crippen molar-refractivity contribution in [2.45, 2.75) is 6.42 Å². The van der Waals surface area contributed by atoms with E-state index in [0.29, 0.717) is 0 Å². The lowest BCUT2D eigenvalue weighted by atomic mass is 9.98. The Morgan fingerprint density at radius 2 is 1.84 bits per heavy atom. The van der Waals surface area contributed by atoms with Gasteiger partial charge < -0.3 is 5.32 Å². The zero-order valence-corrected chi connectivity index (χ0v) is 11.0. The van der Waals surface area contributed by atoms with Crippen LogP contribution in [0.25, 0.3) is 10.8 Å². The Morgan fingerprint density at radius 1 is 1.05 bits per heavy atom. The van der Waals surface area contributed by atoms with E-state index in [2.05, 4.69) is 17.4 Å². The highest BCUT2D eigenvalue weighted by Crippen LogP contribution is 2.32. The van der Waals surface area contributed by atoms with E-state index in [1.807, 2.05) is 35.7 Å². The van der Waals surface area contributed by atoms with E-state index in [9.17, 15) is 4.79 Å². The largest absolute Gasteiger partial charge is 0.321 e. The third kappa shape index (κ3) is 1.66. The smallest absolute Gasteiger partial charge is 0.256 e. The molecular weight excluding hydrogens is 254 g/mol. The van der Waals surface area contributed by atoms with Gasteiger partial charge in [-0.1, -0.05) is 24.3 Å². The molecule has 0 saturated carbocycles. The number of carbonyl (C=O) groups is 1. The van der Waals surface area contributed by atoms with Gasteiger partial charge in [0.15, 0.2) is 0 Å². The Morgan fingerprint density at radius 3 is 2.68 bits per heavy atom. The summed E-state index contributed by atoms with van der Waals surface area (Å²) in [4.78, 5) is 13.5. The fourth-order valence-electron chi connectivity index (χ4n) is 2.60. The standard InChI is InChI=1S/C16H11NOS/c18-16-13-8-11-4-2-1-3-10(11)7-12(13)9-15-14(17-16)5-6-19-15/h1-8H,9H2,(H,17,18). The van der Waals surface area contributed by atoms with Gasteiger partial charge in [-0.25, -0.2) is 0 Å². The van der Waals surface area contributed by atoms with Gasteiger partial charge in [-0.05, 0) is 39.9 Å². The summed E-state index contributed by atoms with van der Waals surface area (Å²) in [6.07, 6.45) is 0.825. The summed E-state index contributed by atoms with van der Waals surface area (Å²) in [5.41, 5.74) is 2.86. The molecule has 0 fully saturated rings. The fraction of sp³-hybridized carbons (Fsp3) is 0.0625. The minimum absolute atomic E-state index is 0.00194. The maximum atomic E-state index is 12.3. The third-order valence-corrected chi connectivity index (χ3v) is 4.48. The molecule has 19 heavy (non-hydrogen) atoms. The van der Waals surface area contributed by atoms with Crippen molar-refractivity contribution in [3.05, 3.63) is 63.8 Å². The highest BCUT2D eigenvalue weighted by atomic mass is 32.1. The molecule has 1 aromatic heterocycles. The molecule has 2 nitrogen and oxygen atoms in total. The summed E-state index contributed by atoms with van der Waals surface area (Å²) in [5.74, 6) is -0.00194. The molecule has 0 aliphatic carbocycles. The van der Waals surface area contributed by atoms with E-state index < -0.39 is 0 Å². The second kappa shape index (κ2) is 3.93. The zero-order chi connectivity index (χ0) is 12.8. The fourth-order valence-corrected chi connectivity index (χ4v) is 3.45. The number of hydrogen-bond acceptors (Lipinski definition) is 2. The average molecular weight is 265 g/mol. The molecule has 4 rings (SSSR count). The van der Waals surface area contributed by atoms with Crippen LogP contribution in [0.2, 0.25) is 0 Å². The Bertz CT molecular complexity index is 803. The van der Waals surface area contributed by atoms with Crippen molar-refractivity contribution in [1.82, 2.24) is 0 Å².